The number of hydrogen-bond acceptors (Lipinski definition) is 4. The van der Waals surface area contributed by atoms with E-state index in [2.05, 4.69) is 29.0 Å². The molecule has 96 valence electrons. The molecule has 1 aromatic heterocycles. The maximum absolute atomic E-state index is 5.59. The van der Waals surface area contributed by atoms with E-state index >= 15 is 0 Å². The number of hydrogen-bond donors (Lipinski definition) is 1. The molecular formula is C12H23N5. The molecule has 1 saturated heterocycles. The fraction of sp³-hybridized carbons (Fsp3) is 0.750. The van der Waals surface area contributed by atoms with Crippen molar-refractivity contribution in [3.63, 3.8) is 0 Å². The molecule has 0 amide bonds. The summed E-state index contributed by atoms with van der Waals surface area (Å²) in [6.45, 7) is 4.39. The summed E-state index contributed by atoms with van der Waals surface area (Å²) in [4.78, 5) is 4.85. The third-order valence-corrected chi connectivity index (χ3v) is 3.59. The fourth-order valence-corrected chi connectivity index (χ4v) is 2.41. The van der Waals surface area contributed by atoms with Crippen molar-refractivity contribution in [3.8, 4) is 0 Å². The van der Waals surface area contributed by atoms with Gasteiger partial charge in [-0.3, -0.25) is 4.68 Å². The smallest absolute Gasteiger partial charge is 0.145 e. The van der Waals surface area contributed by atoms with Gasteiger partial charge in [0.1, 0.15) is 5.82 Å². The summed E-state index contributed by atoms with van der Waals surface area (Å²) >= 11 is 0. The molecule has 5 heteroatoms. The second-order valence-electron chi connectivity index (χ2n) is 5.04. The van der Waals surface area contributed by atoms with Gasteiger partial charge in [0.25, 0.3) is 0 Å². The van der Waals surface area contributed by atoms with E-state index in [1.165, 1.54) is 25.9 Å². The van der Waals surface area contributed by atoms with Crippen LogP contribution in [-0.2, 0) is 6.54 Å². The van der Waals surface area contributed by atoms with Crippen molar-refractivity contribution in [2.75, 3.05) is 39.5 Å². The average Bonchev–Trinajstić information content (AvgIpc) is 2.73. The Morgan fingerprint density at radius 2 is 2.06 bits per heavy atom. The maximum atomic E-state index is 5.59. The van der Waals surface area contributed by atoms with E-state index in [-0.39, 0.29) is 0 Å². The van der Waals surface area contributed by atoms with Crippen LogP contribution in [0.3, 0.4) is 0 Å². The number of rotatable bonds is 4. The van der Waals surface area contributed by atoms with E-state index in [9.17, 15) is 0 Å². The summed E-state index contributed by atoms with van der Waals surface area (Å²) in [6.07, 6.45) is 4.49. The highest BCUT2D eigenvalue weighted by Gasteiger charge is 2.19. The van der Waals surface area contributed by atoms with Gasteiger partial charge in [-0.25, -0.2) is 0 Å². The van der Waals surface area contributed by atoms with Gasteiger partial charge in [-0.15, -0.1) is 0 Å². The van der Waals surface area contributed by atoms with Crippen LogP contribution in [0.4, 0.5) is 5.82 Å². The fourth-order valence-electron chi connectivity index (χ4n) is 2.41. The molecule has 17 heavy (non-hydrogen) atoms. The molecular weight excluding hydrogens is 214 g/mol. The van der Waals surface area contributed by atoms with E-state index in [0.717, 1.165) is 19.1 Å². The third kappa shape index (κ3) is 3.44. The van der Waals surface area contributed by atoms with E-state index in [0.29, 0.717) is 5.82 Å². The second-order valence-corrected chi connectivity index (χ2v) is 5.04. The Hall–Kier alpha value is -1.07. The van der Waals surface area contributed by atoms with Crippen molar-refractivity contribution >= 4 is 5.82 Å². The van der Waals surface area contributed by atoms with Gasteiger partial charge in [-0.05, 0) is 46.1 Å². The number of nitrogens with zero attached hydrogens (tertiary/aromatic N) is 4. The molecule has 1 aliphatic rings. The van der Waals surface area contributed by atoms with E-state index in [1.54, 1.807) is 0 Å². The molecule has 0 bridgehead atoms. The molecule has 1 fully saturated rings. The molecule has 0 aliphatic carbocycles. The topological polar surface area (TPSA) is 50.3 Å². The number of aromatic nitrogens is 2. The third-order valence-electron chi connectivity index (χ3n) is 3.59. The average molecular weight is 237 g/mol. The van der Waals surface area contributed by atoms with Gasteiger partial charge < -0.3 is 15.5 Å². The van der Waals surface area contributed by atoms with Crippen LogP contribution in [0.5, 0.6) is 0 Å². The van der Waals surface area contributed by atoms with Gasteiger partial charge in [-0.2, -0.15) is 5.10 Å². The number of piperidine rings is 1. The monoisotopic (exact) mass is 237 g/mol. The van der Waals surface area contributed by atoms with E-state index in [1.807, 2.05) is 16.9 Å². The van der Waals surface area contributed by atoms with Gasteiger partial charge >= 0.3 is 0 Å². The summed E-state index contributed by atoms with van der Waals surface area (Å²) in [7, 11) is 4.35. The molecule has 0 unspecified atom stereocenters. The summed E-state index contributed by atoms with van der Waals surface area (Å²) in [5, 5.41) is 4.20. The molecule has 0 atom stereocenters. The predicted octanol–water partition coefficient (Wildman–Crippen LogP) is 0.491. The van der Waals surface area contributed by atoms with Crippen molar-refractivity contribution in [2.24, 2.45) is 0 Å². The highest BCUT2D eigenvalue weighted by Crippen LogP contribution is 2.13. The normalized spacial score (nSPS) is 19.0. The van der Waals surface area contributed by atoms with Gasteiger partial charge in [0, 0.05) is 18.8 Å². The van der Waals surface area contributed by atoms with Crippen LogP contribution >= 0.6 is 0 Å². The summed E-state index contributed by atoms with van der Waals surface area (Å²) in [5.41, 5.74) is 5.59. The molecule has 0 radical (unpaired) electrons. The first-order valence-electron chi connectivity index (χ1n) is 6.33. The Balaban J connectivity index is 1.71. The molecule has 0 aromatic carbocycles. The minimum absolute atomic E-state index is 0.608. The number of nitrogen functional groups attached to an aromatic ring is 1. The van der Waals surface area contributed by atoms with Crippen molar-refractivity contribution in [1.29, 1.82) is 0 Å². The summed E-state index contributed by atoms with van der Waals surface area (Å²) in [5.74, 6) is 0.608. The van der Waals surface area contributed by atoms with Gasteiger partial charge in [-0.1, -0.05) is 0 Å². The molecule has 5 nitrogen and oxygen atoms in total. The quantitative estimate of drug-likeness (QED) is 0.828. The standard InChI is InChI=1S/C12H23N5/c1-15(2)11-3-6-16(7-4-11)9-10-17-8-5-12(13)14-17/h5,8,11H,3-4,6-7,9-10H2,1-2H3,(H2,13,14). The Bertz CT molecular complexity index is 338. The second kappa shape index (κ2) is 5.51. The lowest BCUT2D eigenvalue weighted by molar-refractivity contribution is 0.140. The number of anilines is 1. The van der Waals surface area contributed by atoms with Crippen LogP contribution < -0.4 is 5.73 Å². The van der Waals surface area contributed by atoms with Crippen LogP contribution in [0.15, 0.2) is 12.3 Å². The Labute approximate surface area is 103 Å². The van der Waals surface area contributed by atoms with Crippen molar-refractivity contribution < 1.29 is 0 Å². The molecule has 0 spiro atoms. The van der Waals surface area contributed by atoms with Crippen molar-refractivity contribution in [3.05, 3.63) is 12.3 Å². The molecule has 2 N–H and O–H groups in total. The lowest BCUT2D eigenvalue weighted by Gasteiger charge is -2.35. The molecule has 0 saturated carbocycles. The zero-order chi connectivity index (χ0) is 12.3. The van der Waals surface area contributed by atoms with Gasteiger partial charge in [0.15, 0.2) is 0 Å². The van der Waals surface area contributed by atoms with Crippen LogP contribution in [0.1, 0.15) is 12.8 Å². The highest BCUT2D eigenvalue weighted by molar-refractivity contribution is 5.23. The first kappa shape index (κ1) is 12.4. The molecule has 1 aliphatic heterocycles. The van der Waals surface area contributed by atoms with Gasteiger partial charge in [0.2, 0.25) is 0 Å². The largest absolute Gasteiger partial charge is 0.382 e. The maximum Gasteiger partial charge on any atom is 0.145 e. The molecule has 2 rings (SSSR count). The summed E-state index contributed by atoms with van der Waals surface area (Å²) < 4.78 is 1.92. The lowest BCUT2D eigenvalue weighted by Crippen LogP contribution is -2.42. The first-order chi connectivity index (χ1) is 8.15. The predicted molar refractivity (Wildman–Crippen MR) is 69.8 cm³/mol. The van der Waals surface area contributed by atoms with E-state index < -0.39 is 0 Å². The zero-order valence-corrected chi connectivity index (χ0v) is 10.8. The number of likely N-dealkylation sites (tertiary alicyclic amines) is 1. The van der Waals surface area contributed by atoms with Crippen LogP contribution in [0.2, 0.25) is 0 Å². The molecule has 2 heterocycles. The number of nitrogens with two attached hydrogens (primary N) is 1. The highest BCUT2D eigenvalue weighted by atomic mass is 15.3. The first-order valence-corrected chi connectivity index (χ1v) is 6.33. The van der Waals surface area contributed by atoms with E-state index in [4.69, 9.17) is 5.73 Å². The minimum Gasteiger partial charge on any atom is -0.382 e. The van der Waals surface area contributed by atoms with Crippen molar-refractivity contribution in [1.82, 2.24) is 19.6 Å². The van der Waals surface area contributed by atoms with Gasteiger partial charge in [0.05, 0.1) is 6.54 Å². The zero-order valence-electron chi connectivity index (χ0n) is 10.8. The van der Waals surface area contributed by atoms with Crippen molar-refractivity contribution in [2.45, 2.75) is 25.4 Å². The Morgan fingerprint density at radius 1 is 1.35 bits per heavy atom. The summed E-state index contributed by atoms with van der Waals surface area (Å²) in [6, 6.07) is 2.60. The lowest BCUT2D eigenvalue weighted by atomic mass is 10.0. The van der Waals surface area contributed by atoms with Crippen LogP contribution in [0.25, 0.3) is 0 Å². The van der Waals surface area contributed by atoms with Crippen LogP contribution in [0, 0.1) is 0 Å². The van der Waals surface area contributed by atoms with Crippen LogP contribution in [-0.4, -0.2) is 59.4 Å². The molecule has 1 aromatic rings. The SMILES string of the molecule is CN(C)C1CCN(CCn2ccc(N)n2)CC1. The minimum atomic E-state index is 0.608. The Morgan fingerprint density at radius 3 is 2.59 bits per heavy atom. The Kier molecular flexibility index (Phi) is 4.02.